The number of H-pyrrole nitrogens is 2. The number of amides is 3. The minimum atomic E-state index is -1.11. The van der Waals surface area contributed by atoms with Crippen molar-refractivity contribution in [2.75, 3.05) is 33.2 Å². The number of imidazole rings is 2. The van der Waals surface area contributed by atoms with E-state index in [0.29, 0.717) is 25.3 Å². The predicted octanol–water partition coefficient (Wildman–Crippen LogP) is 7.93. The van der Waals surface area contributed by atoms with Crippen molar-refractivity contribution >= 4 is 17.9 Å². The molecule has 2 saturated heterocycles. The lowest BCUT2D eigenvalue weighted by atomic mass is 10.0. The van der Waals surface area contributed by atoms with Gasteiger partial charge in [0.25, 0.3) is 0 Å². The summed E-state index contributed by atoms with van der Waals surface area (Å²) in [6.45, 7) is 8.91. The Hall–Kier alpha value is -5.75. The summed E-state index contributed by atoms with van der Waals surface area (Å²) in [5, 5.41) is 9.48. The van der Waals surface area contributed by atoms with Crippen molar-refractivity contribution in [1.29, 1.82) is 0 Å². The Morgan fingerprint density at radius 1 is 0.714 bits per heavy atom. The molecule has 56 heavy (non-hydrogen) atoms. The number of carboxylic acid groups (broad SMARTS) is 1. The minimum absolute atomic E-state index is 0.0967. The number of nitrogens with one attached hydrogen (secondary N) is 2. The van der Waals surface area contributed by atoms with Crippen LogP contribution >= 0.6 is 0 Å². The highest BCUT2D eigenvalue weighted by molar-refractivity contribution is 5.86. The maximum Gasteiger partial charge on any atom is 0.407 e. The number of carbonyl (C=O) groups excluding carboxylic acids is 2. The summed E-state index contributed by atoms with van der Waals surface area (Å²) in [6.07, 6.45) is 6.38. The molecule has 7 rings (SSSR count). The average molecular weight is 757 g/mol. The van der Waals surface area contributed by atoms with Gasteiger partial charge in [-0.3, -0.25) is 19.4 Å². The number of hydrogen-bond acceptors (Lipinski definition) is 6. The van der Waals surface area contributed by atoms with E-state index in [0.717, 1.165) is 88.7 Å². The number of benzene rings is 3. The van der Waals surface area contributed by atoms with Gasteiger partial charge in [0.1, 0.15) is 23.7 Å². The van der Waals surface area contributed by atoms with Crippen molar-refractivity contribution in [1.82, 2.24) is 39.5 Å². The molecule has 3 N–H and O–H groups in total. The number of nitrogens with zero attached hydrogens (tertiary/aromatic N) is 6. The fourth-order valence-electron chi connectivity index (χ4n) is 8.45. The van der Waals surface area contributed by atoms with Gasteiger partial charge in [-0.1, -0.05) is 99.6 Å². The van der Waals surface area contributed by atoms with Gasteiger partial charge >= 0.3 is 6.09 Å². The summed E-state index contributed by atoms with van der Waals surface area (Å²) in [7, 11) is 1.45. The number of aromatic amines is 2. The van der Waals surface area contributed by atoms with Crippen LogP contribution in [0.1, 0.15) is 88.2 Å². The van der Waals surface area contributed by atoms with Gasteiger partial charge in [0.05, 0.1) is 35.9 Å². The van der Waals surface area contributed by atoms with Gasteiger partial charge < -0.3 is 24.9 Å². The van der Waals surface area contributed by atoms with E-state index in [1.807, 2.05) is 36.2 Å². The molecule has 292 valence electrons. The Morgan fingerprint density at radius 2 is 1.18 bits per heavy atom. The van der Waals surface area contributed by atoms with Crippen LogP contribution in [0.2, 0.25) is 0 Å². The number of aromatic nitrogens is 4. The zero-order valence-electron chi connectivity index (χ0n) is 32.7. The molecule has 0 bridgehead atoms. The zero-order valence-corrected chi connectivity index (χ0v) is 32.7. The Kier molecular flexibility index (Phi) is 11.7. The molecule has 0 aliphatic carbocycles. The molecule has 2 aliphatic heterocycles. The van der Waals surface area contributed by atoms with Gasteiger partial charge in [-0.2, -0.15) is 0 Å². The van der Waals surface area contributed by atoms with E-state index >= 15 is 0 Å². The quantitative estimate of drug-likeness (QED) is 0.111. The van der Waals surface area contributed by atoms with Gasteiger partial charge in [0, 0.05) is 20.1 Å². The van der Waals surface area contributed by atoms with Gasteiger partial charge in [-0.05, 0) is 73.0 Å². The third-order valence-corrected chi connectivity index (χ3v) is 11.6. The van der Waals surface area contributed by atoms with Crippen molar-refractivity contribution < 1.29 is 19.5 Å². The van der Waals surface area contributed by atoms with E-state index in [9.17, 15) is 19.5 Å². The Morgan fingerprint density at radius 3 is 1.62 bits per heavy atom. The highest BCUT2D eigenvalue weighted by atomic mass is 16.4. The molecule has 4 heterocycles. The van der Waals surface area contributed by atoms with E-state index in [1.165, 1.54) is 7.05 Å². The van der Waals surface area contributed by atoms with E-state index in [1.54, 1.807) is 11.1 Å². The molecule has 0 radical (unpaired) electrons. The van der Waals surface area contributed by atoms with Crippen LogP contribution in [0, 0.1) is 0 Å². The van der Waals surface area contributed by atoms with Gasteiger partial charge in [0.15, 0.2) is 0 Å². The minimum Gasteiger partial charge on any atom is -0.465 e. The third kappa shape index (κ3) is 7.70. The van der Waals surface area contributed by atoms with Crippen LogP contribution in [0.3, 0.4) is 0 Å². The van der Waals surface area contributed by atoms with Crippen LogP contribution in [-0.2, 0) is 9.59 Å². The Bertz CT molecular complexity index is 2110. The molecule has 12 heteroatoms. The summed E-state index contributed by atoms with van der Waals surface area (Å²) in [5.41, 5.74) is 6.96. The maximum atomic E-state index is 14.2. The molecule has 3 aromatic carbocycles. The molecule has 12 nitrogen and oxygen atoms in total. The SMILES string of the molecule is CC[C@@H](C(=O)N1CCC[C@H]1c1ncc(-c2ccc(-c3ccc(-c4cnc([C@@H]5CCCN5C(=O)[C@@H](c5ccccc5)N(CC)CC)[nH]4)cc3)cc2)[nH]1)N(C)C(=O)O. The lowest BCUT2D eigenvalue weighted by molar-refractivity contribution is -0.138. The van der Waals surface area contributed by atoms with E-state index in [4.69, 9.17) is 4.98 Å². The molecule has 0 saturated carbocycles. The fraction of sp³-hybridized carbons (Fsp3) is 0.386. The average Bonchev–Trinajstić information content (AvgIpc) is 4.07. The lowest BCUT2D eigenvalue weighted by Gasteiger charge is -2.34. The first kappa shape index (κ1) is 38.5. The van der Waals surface area contributed by atoms with Crippen LogP contribution in [0.15, 0.2) is 91.3 Å². The van der Waals surface area contributed by atoms with Crippen LogP contribution in [0.4, 0.5) is 4.79 Å². The summed E-state index contributed by atoms with van der Waals surface area (Å²) in [6, 6.07) is 25.4. The van der Waals surface area contributed by atoms with Crippen LogP contribution in [0.5, 0.6) is 0 Å². The van der Waals surface area contributed by atoms with E-state index < -0.39 is 12.1 Å². The molecular weight excluding hydrogens is 705 g/mol. The molecule has 2 aliphatic rings. The van der Waals surface area contributed by atoms with Gasteiger partial charge in [0.2, 0.25) is 11.8 Å². The van der Waals surface area contributed by atoms with Crippen LogP contribution in [0.25, 0.3) is 33.6 Å². The van der Waals surface area contributed by atoms with Crippen molar-refractivity contribution in [2.45, 2.75) is 77.0 Å². The molecule has 4 atom stereocenters. The van der Waals surface area contributed by atoms with E-state index in [2.05, 4.69) is 94.4 Å². The zero-order chi connectivity index (χ0) is 39.3. The summed E-state index contributed by atoms with van der Waals surface area (Å²) in [4.78, 5) is 62.7. The van der Waals surface area contributed by atoms with E-state index in [-0.39, 0.29) is 29.9 Å². The molecule has 0 spiro atoms. The first-order valence-corrected chi connectivity index (χ1v) is 19.9. The number of likely N-dealkylation sites (N-methyl/N-ethyl adjacent to an activating group) is 2. The second-order valence-corrected chi connectivity index (χ2v) is 14.8. The normalized spacial score (nSPS) is 18.0. The van der Waals surface area contributed by atoms with Crippen molar-refractivity contribution in [3.63, 3.8) is 0 Å². The maximum absolute atomic E-state index is 14.2. The number of hydrogen-bond donors (Lipinski definition) is 3. The topological polar surface area (TPSA) is 142 Å². The second kappa shape index (κ2) is 16.9. The highest BCUT2D eigenvalue weighted by Crippen LogP contribution is 2.37. The second-order valence-electron chi connectivity index (χ2n) is 14.8. The molecule has 0 unspecified atom stereocenters. The predicted molar refractivity (Wildman–Crippen MR) is 216 cm³/mol. The monoisotopic (exact) mass is 756 g/mol. The van der Waals surface area contributed by atoms with Gasteiger partial charge in [-0.15, -0.1) is 0 Å². The first-order chi connectivity index (χ1) is 27.2. The van der Waals surface area contributed by atoms with Gasteiger partial charge in [-0.25, -0.2) is 14.8 Å². The van der Waals surface area contributed by atoms with Crippen LogP contribution < -0.4 is 0 Å². The molecule has 3 amide bonds. The lowest BCUT2D eigenvalue weighted by Crippen LogP contribution is -2.48. The number of rotatable bonds is 13. The molecular formula is C44H52N8O4. The summed E-state index contributed by atoms with van der Waals surface area (Å²) >= 11 is 0. The Labute approximate surface area is 328 Å². The highest BCUT2D eigenvalue weighted by Gasteiger charge is 2.39. The van der Waals surface area contributed by atoms with Crippen molar-refractivity contribution in [3.8, 4) is 33.6 Å². The number of carbonyl (C=O) groups is 3. The fourth-order valence-corrected chi connectivity index (χ4v) is 8.45. The van der Waals surface area contributed by atoms with Crippen molar-refractivity contribution in [2.24, 2.45) is 0 Å². The Balaban J connectivity index is 1.02. The number of likely N-dealkylation sites (tertiary alicyclic amines) is 2. The largest absolute Gasteiger partial charge is 0.465 e. The molecule has 5 aromatic rings. The van der Waals surface area contributed by atoms with Crippen molar-refractivity contribution in [3.05, 3.63) is 108 Å². The molecule has 2 aromatic heterocycles. The first-order valence-electron chi connectivity index (χ1n) is 19.9. The smallest absolute Gasteiger partial charge is 0.407 e. The standard InChI is InChI=1S/C44H52N8O4/c1-5-36(49(4)44(55)56)42(53)51-25-11-15-37(51)40-45-27-34(47-40)31-21-17-29(18-22-31)30-19-23-32(24-20-30)35-28-46-41(48-35)38-16-12-26-52(38)43(54)39(50(6-2)7-3)33-13-9-8-10-14-33/h8-10,13-14,17-24,27-28,36-39H,5-7,11-12,15-16,25-26H2,1-4H3,(H,45,47)(H,46,48)(H,55,56)/t36-,37-,38-,39+/m0/s1. The summed E-state index contributed by atoms with van der Waals surface area (Å²) in [5.74, 6) is 1.48. The van der Waals surface area contributed by atoms with Crippen LogP contribution in [-0.4, -0.2) is 102 Å². The molecule has 2 fully saturated rings. The third-order valence-electron chi connectivity index (χ3n) is 11.6. The summed E-state index contributed by atoms with van der Waals surface area (Å²) < 4.78 is 0.